The summed E-state index contributed by atoms with van der Waals surface area (Å²) in [5.74, 6) is 0.309. The van der Waals surface area contributed by atoms with Gasteiger partial charge in [-0.15, -0.1) is 58.0 Å². The Morgan fingerprint density at radius 3 is 1.09 bits per heavy atom. The molecule has 0 unspecified atom stereocenters. The molecule has 0 aromatic carbocycles. The molecule has 0 atom stereocenters. The van der Waals surface area contributed by atoms with Gasteiger partial charge >= 0.3 is 0 Å². The van der Waals surface area contributed by atoms with Crippen LogP contribution in [0.1, 0.15) is 20.3 Å². The van der Waals surface area contributed by atoms with Gasteiger partial charge in [-0.3, -0.25) is 0 Å². The van der Waals surface area contributed by atoms with Crippen molar-refractivity contribution in [2.24, 2.45) is 0 Å². The van der Waals surface area contributed by atoms with Crippen LogP contribution < -0.4 is 0 Å². The quantitative estimate of drug-likeness (QED) is 0.592. The lowest BCUT2D eigenvalue weighted by Crippen LogP contribution is -1.82. The largest absolute Gasteiger partial charge is 0.124 e. The van der Waals surface area contributed by atoms with E-state index in [4.69, 9.17) is 58.0 Å². The van der Waals surface area contributed by atoms with Gasteiger partial charge in [-0.25, -0.2) is 0 Å². The molecular formula is C6H13Cl5. The van der Waals surface area contributed by atoms with Crippen LogP contribution in [0.15, 0.2) is 0 Å². The zero-order valence-corrected chi connectivity index (χ0v) is 10.4. The van der Waals surface area contributed by atoms with Crippen LogP contribution in [-0.2, 0) is 0 Å². The average Bonchev–Trinajstić information content (AvgIpc) is 1.91. The van der Waals surface area contributed by atoms with Gasteiger partial charge in [-0.2, -0.15) is 0 Å². The van der Waals surface area contributed by atoms with Crippen LogP contribution in [0.2, 0.25) is 0 Å². The smallest absolute Gasteiger partial charge is 0.121 e. The molecule has 0 aromatic rings. The van der Waals surface area contributed by atoms with Crippen molar-refractivity contribution in [1.82, 2.24) is 0 Å². The second-order valence-electron chi connectivity index (χ2n) is 1.35. The van der Waals surface area contributed by atoms with Gasteiger partial charge in [0.25, 0.3) is 0 Å². The van der Waals surface area contributed by atoms with Crippen molar-refractivity contribution in [3.8, 4) is 0 Å². The number of alkyl halides is 5. The zero-order chi connectivity index (χ0) is 9.70. The summed E-state index contributed by atoms with van der Waals surface area (Å²) in [4.78, 5) is -0.406. The topological polar surface area (TPSA) is 0 Å². The summed E-state index contributed by atoms with van der Waals surface area (Å²) in [6.07, 6.45) is 1.25. The van der Waals surface area contributed by atoms with E-state index in [1.54, 1.807) is 0 Å². The number of hydrogen-bond donors (Lipinski definition) is 0. The lowest BCUT2D eigenvalue weighted by Gasteiger charge is -1.82. The van der Waals surface area contributed by atoms with Crippen molar-refractivity contribution in [3.63, 3.8) is 0 Å². The molecule has 0 N–H and O–H groups in total. The van der Waals surface area contributed by atoms with Crippen LogP contribution in [0.4, 0.5) is 0 Å². The van der Waals surface area contributed by atoms with Crippen molar-refractivity contribution in [2.75, 3.05) is 11.2 Å². The van der Waals surface area contributed by atoms with E-state index >= 15 is 0 Å². The Hall–Kier alpha value is 1.45. The summed E-state index contributed by atoms with van der Waals surface area (Å²) < 4.78 is 0. The number of hydrogen-bond acceptors (Lipinski definition) is 0. The van der Waals surface area contributed by atoms with E-state index in [9.17, 15) is 0 Å². The van der Waals surface area contributed by atoms with Crippen molar-refractivity contribution >= 4 is 58.0 Å². The molecule has 0 bridgehead atoms. The van der Waals surface area contributed by atoms with E-state index < -0.39 is 4.84 Å². The second kappa shape index (κ2) is 22.5. The van der Waals surface area contributed by atoms with Gasteiger partial charge < -0.3 is 0 Å². The zero-order valence-electron chi connectivity index (χ0n) is 6.59. The highest BCUT2D eigenvalue weighted by Crippen LogP contribution is 2.01. The van der Waals surface area contributed by atoms with E-state index in [0.29, 0.717) is 5.88 Å². The molecule has 0 aliphatic heterocycles. The molecule has 5 heteroatoms. The minimum Gasteiger partial charge on any atom is -0.124 e. The molecule has 0 saturated carbocycles. The molecule has 11 heavy (non-hydrogen) atoms. The molecule has 0 aliphatic rings. The number of rotatable bonds is 1. The van der Waals surface area contributed by atoms with Crippen molar-refractivity contribution < 1.29 is 0 Å². The Balaban J connectivity index is -0.0000000933. The maximum absolute atomic E-state index is 5.10. The van der Waals surface area contributed by atoms with Crippen molar-refractivity contribution in [2.45, 2.75) is 25.1 Å². The van der Waals surface area contributed by atoms with Crippen LogP contribution in [0.25, 0.3) is 0 Å². The Kier molecular flexibility index (Phi) is 37.4. The van der Waals surface area contributed by atoms with Crippen molar-refractivity contribution in [1.29, 1.82) is 0 Å². The average molecular weight is 262 g/mol. The Labute approximate surface area is 94.1 Å². The molecule has 0 saturated heterocycles. The third-order valence-corrected chi connectivity index (χ3v) is 1.05. The van der Waals surface area contributed by atoms with Gasteiger partial charge in [0.1, 0.15) is 4.84 Å². The summed E-state index contributed by atoms with van der Waals surface area (Å²) >= 11 is 24.8. The summed E-state index contributed by atoms with van der Waals surface area (Å²) in [6.45, 7) is 4.25. The first-order valence-corrected chi connectivity index (χ1v) is 5.54. The monoisotopic (exact) mass is 260 g/mol. The summed E-state index contributed by atoms with van der Waals surface area (Å²) in [5.41, 5.74) is 0. The van der Waals surface area contributed by atoms with Gasteiger partial charge in [0, 0.05) is 0 Å². The van der Waals surface area contributed by atoms with Crippen LogP contribution in [-0.4, -0.2) is 16.1 Å². The Morgan fingerprint density at radius 1 is 1.00 bits per heavy atom. The minimum atomic E-state index is -0.406. The molecule has 0 radical (unpaired) electrons. The van der Waals surface area contributed by atoms with Gasteiger partial charge in [-0.05, 0) is 0 Å². The fourth-order valence-corrected chi connectivity index (χ4v) is 0. The van der Waals surface area contributed by atoms with Crippen LogP contribution in [0.5, 0.6) is 0 Å². The lowest BCUT2D eigenvalue weighted by molar-refractivity contribution is 1.09. The van der Waals surface area contributed by atoms with Crippen LogP contribution in [0.3, 0.4) is 0 Å². The van der Waals surface area contributed by atoms with E-state index in [1.807, 2.05) is 0 Å². The van der Waals surface area contributed by atoms with Gasteiger partial charge in [0.15, 0.2) is 0 Å². The third kappa shape index (κ3) is 85.9. The first-order chi connectivity index (χ1) is 5.10. The third-order valence-electron chi connectivity index (χ3n) is 0.117. The molecule has 0 amide bonds. The van der Waals surface area contributed by atoms with Crippen LogP contribution in [0, 0.1) is 0 Å². The summed E-state index contributed by atoms with van der Waals surface area (Å²) in [5, 5.41) is 0.194. The molecule has 0 nitrogen and oxygen atoms in total. The lowest BCUT2D eigenvalue weighted by atomic mass is 10.6. The maximum atomic E-state index is 5.10. The Bertz CT molecular complexity index is 38.0. The molecule has 0 aromatic heterocycles. The second-order valence-corrected chi connectivity index (χ2v) is 3.75. The maximum Gasteiger partial charge on any atom is 0.121 e. The normalized spacial score (nSPS) is 7.64. The summed E-state index contributed by atoms with van der Waals surface area (Å²) in [6, 6.07) is 0. The minimum absolute atomic E-state index is 0.194. The highest BCUT2D eigenvalue weighted by Gasteiger charge is 1.88. The SMILES string of the molecule is CCC.ClCC(Cl)Cl.ClCCl. The van der Waals surface area contributed by atoms with Crippen LogP contribution >= 0.6 is 58.0 Å². The first kappa shape index (κ1) is 18.3. The molecule has 0 heterocycles. The van der Waals surface area contributed by atoms with E-state index in [1.165, 1.54) is 6.42 Å². The van der Waals surface area contributed by atoms with E-state index in [0.717, 1.165) is 0 Å². The summed E-state index contributed by atoms with van der Waals surface area (Å²) in [7, 11) is 0. The fourth-order valence-electron chi connectivity index (χ4n) is 0. The standard InChI is InChI=1S/C3H8.C2H3Cl3.CH2Cl2/c1-3-2;3-1-2(4)5;2-1-3/h3H2,1-2H3;2H,1H2;1H2. The highest BCUT2D eigenvalue weighted by molar-refractivity contribution is 6.47. The predicted molar refractivity (Wildman–Crippen MR) is 58.8 cm³/mol. The molecule has 0 aliphatic carbocycles. The van der Waals surface area contributed by atoms with E-state index in [2.05, 4.69) is 13.8 Å². The molecule has 0 rings (SSSR count). The van der Waals surface area contributed by atoms with Gasteiger partial charge in [0.2, 0.25) is 0 Å². The predicted octanol–water partition coefficient (Wildman–Crippen LogP) is 4.87. The van der Waals surface area contributed by atoms with Gasteiger partial charge in [-0.1, -0.05) is 20.3 Å². The fraction of sp³-hybridized carbons (Fsp3) is 1.00. The van der Waals surface area contributed by atoms with E-state index in [-0.39, 0.29) is 5.34 Å². The molecule has 0 spiro atoms. The number of halogens is 5. The molecule has 0 fully saturated rings. The molecular weight excluding hydrogens is 249 g/mol. The molecule has 72 valence electrons. The van der Waals surface area contributed by atoms with Crippen molar-refractivity contribution in [3.05, 3.63) is 0 Å². The Morgan fingerprint density at radius 2 is 1.09 bits per heavy atom. The highest BCUT2D eigenvalue weighted by atomic mass is 35.5. The van der Waals surface area contributed by atoms with Gasteiger partial charge in [0.05, 0.1) is 11.2 Å². The first-order valence-electron chi connectivity index (χ1n) is 3.06.